The molecule has 0 spiro atoms. The van der Waals surface area contributed by atoms with E-state index >= 15 is 0 Å². The predicted molar refractivity (Wildman–Crippen MR) is 64.8 cm³/mol. The smallest absolute Gasteiger partial charge is 0.135 e. The molecule has 2 nitrogen and oxygen atoms in total. The molecule has 0 fully saturated rings. The Balaban J connectivity index is 2.51. The zero-order chi connectivity index (χ0) is 11.7. The maximum Gasteiger partial charge on any atom is 0.135 e. The highest BCUT2D eigenvalue weighted by Crippen LogP contribution is 2.33. The Hall–Kier alpha value is -0.960. The van der Waals surface area contributed by atoms with Crippen molar-refractivity contribution in [3.63, 3.8) is 0 Å². The second-order valence-corrected chi connectivity index (χ2v) is 4.32. The van der Waals surface area contributed by atoms with Gasteiger partial charge in [-0.3, -0.25) is 0 Å². The van der Waals surface area contributed by atoms with Crippen molar-refractivity contribution >= 4 is 23.2 Å². The summed E-state index contributed by atoms with van der Waals surface area (Å²) in [6.07, 6.45) is 0. The average Bonchev–Trinajstić information content (AvgIpc) is 2.71. The normalized spacial score (nSPS) is 10.8. The van der Waals surface area contributed by atoms with E-state index in [-0.39, 0.29) is 6.61 Å². The molecule has 0 aliphatic rings. The Labute approximate surface area is 103 Å². The topological polar surface area (TPSA) is 33.4 Å². The monoisotopic (exact) mass is 256 g/mol. The first-order valence-electron chi connectivity index (χ1n) is 4.77. The molecular formula is C12H10Cl2O2. The van der Waals surface area contributed by atoms with Crippen LogP contribution in [0.2, 0.25) is 10.0 Å². The first kappa shape index (κ1) is 11.5. The fourth-order valence-electron chi connectivity index (χ4n) is 1.44. The van der Waals surface area contributed by atoms with E-state index < -0.39 is 0 Å². The molecule has 16 heavy (non-hydrogen) atoms. The fraction of sp³-hybridized carbons (Fsp3) is 0.167. The van der Waals surface area contributed by atoms with Gasteiger partial charge in [0.15, 0.2) is 0 Å². The van der Waals surface area contributed by atoms with E-state index in [4.69, 9.17) is 32.7 Å². The third-order valence-electron chi connectivity index (χ3n) is 2.33. The van der Waals surface area contributed by atoms with Crippen molar-refractivity contribution in [3.05, 3.63) is 45.6 Å². The molecule has 0 amide bonds. The van der Waals surface area contributed by atoms with Gasteiger partial charge in [0.25, 0.3) is 0 Å². The van der Waals surface area contributed by atoms with Crippen molar-refractivity contribution in [3.8, 4) is 11.3 Å². The number of hydrogen-bond acceptors (Lipinski definition) is 2. The fourth-order valence-corrected chi connectivity index (χ4v) is 1.92. The molecule has 0 aliphatic carbocycles. The van der Waals surface area contributed by atoms with E-state index in [0.29, 0.717) is 21.6 Å². The van der Waals surface area contributed by atoms with Crippen molar-refractivity contribution in [1.29, 1.82) is 0 Å². The molecule has 0 radical (unpaired) electrons. The van der Waals surface area contributed by atoms with E-state index in [1.54, 1.807) is 24.3 Å². The number of benzene rings is 1. The van der Waals surface area contributed by atoms with Crippen molar-refractivity contribution in [2.45, 2.75) is 13.5 Å². The molecule has 1 heterocycles. The second kappa shape index (κ2) is 4.50. The summed E-state index contributed by atoms with van der Waals surface area (Å²) in [6, 6.07) is 7.03. The second-order valence-electron chi connectivity index (χ2n) is 3.51. The Kier molecular flexibility index (Phi) is 3.24. The van der Waals surface area contributed by atoms with Crippen molar-refractivity contribution in [2.24, 2.45) is 0 Å². The van der Waals surface area contributed by atoms with E-state index in [1.807, 2.05) is 6.92 Å². The average molecular weight is 257 g/mol. The molecule has 0 unspecified atom stereocenters. The van der Waals surface area contributed by atoms with Gasteiger partial charge in [-0.15, -0.1) is 0 Å². The van der Waals surface area contributed by atoms with Crippen LogP contribution in [-0.2, 0) is 6.61 Å². The molecule has 0 atom stereocenters. The summed E-state index contributed by atoms with van der Waals surface area (Å²) in [5, 5.41) is 10.1. The SMILES string of the molecule is Cc1cc(Cl)c(-c2ccc(CO)o2)cc1Cl. The number of rotatable bonds is 2. The van der Waals surface area contributed by atoms with Gasteiger partial charge in [-0.05, 0) is 36.8 Å². The zero-order valence-electron chi connectivity index (χ0n) is 8.63. The summed E-state index contributed by atoms with van der Waals surface area (Å²) < 4.78 is 5.40. The van der Waals surface area contributed by atoms with Crippen molar-refractivity contribution < 1.29 is 9.52 Å². The Morgan fingerprint density at radius 2 is 1.94 bits per heavy atom. The summed E-state index contributed by atoms with van der Waals surface area (Å²) >= 11 is 12.1. The summed E-state index contributed by atoms with van der Waals surface area (Å²) in [7, 11) is 0. The third kappa shape index (κ3) is 2.09. The lowest BCUT2D eigenvalue weighted by Crippen LogP contribution is -1.81. The van der Waals surface area contributed by atoms with Crippen molar-refractivity contribution in [2.75, 3.05) is 0 Å². The van der Waals surface area contributed by atoms with Gasteiger partial charge in [0.1, 0.15) is 18.1 Å². The summed E-state index contributed by atoms with van der Waals surface area (Å²) in [4.78, 5) is 0. The molecule has 84 valence electrons. The van der Waals surface area contributed by atoms with Crippen LogP contribution in [0.4, 0.5) is 0 Å². The highest BCUT2D eigenvalue weighted by Gasteiger charge is 2.10. The number of hydrogen-bond donors (Lipinski definition) is 1. The summed E-state index contributed by atoms with van der Waals surface area (Å²) in [5.41, 5.74) is 1.65. The number of aliphatic hydroxyl groups excluding tert-OH is 1. The Morgan fingerprint density at radius 1 is 1.19 bits per heavy atom. The van der Waals surface area contributed by atoms with Gasteiger partial charge < -0.3 is 9.52 Å². The first-order chi connectivity index (χ1) is 7.61. The molecule has 2 aromatic rings. The number of halogens is 2. The van der Waals surface area contributed by atoms with Gasteiger partial charge in [-0.25, -0.2) is 0 Å². The maximum atomic E-state index is 8.91. The molecule has 0 aliphatic heterocycles. The zero-order valence-corrected chi connectivity index (χ0v) is 10.1. The quantitative estimate of drug-likeness (QED) is 0.880. The number of aliphatic hydroxyl groups is 1. The van der Waals surface area contributed by atoms with Gasteiger partial charge in [-0.2, -0.15) is 0 Å². The van der Waals surface area contributed by atoms with Gasteiger partial charge in [0, 0.05) is 10.6 Å². The van der Waals surface area contributed by atoms with E-state index in [0.717, 1.165) is 11.1 Å². The molecule has 0 saturated carbocycles. The molecule has 4 heteroatoms. The molecule has 1 aromatic carbocycles. The molecule has 1 N–H and O–H groups in total. The Bertz CT molecular complexity index is 518. The van der Waals surface area contributed by atoms with Crippen LogP contribution >= 0.6 is 23.2 Å². The van der Waals surface area contributed by atoms with Gasteiger partial charge in [0.2, 0.25) is 0 Å². The Morgan fingerprint density at radius 3 is 2.56 bits per heavy atom. The minimum absolute atomic E-state index is 0.128. The third-order valence-corrected chi connectivity index (χ3v) is 3.05. The van der Waals surface area contributed by atoms with Crippen molar-refractivity contribution in [1.82, 2.24) is 0 Å². The van der Waals surface area contributed by atoms with Crippen LogP contribution in [0.1, 0.15) is 11.3 Å². The van der Waals surface area contributed by atoms with Gasteiger partial charge >= 0.3 is 0 Å². The molecular weight excluding hydrogens is 247 g/mol. The van der Waals surface area contributed by atoms with Gasteiger partial charge in [-0.1, -0.05) is 23.2 Å². The molecule has 0 bridgehead atoms. The lowest BCUT2D eigenvalue weighted by atomic mass is 10.1. The van der Waals surface area contributed by atoms with Crippen LogP contribution in [0.5, 0.6) is 0 Å². The molecule has 2 rings (SSSR count). The first-order valence-corrected chi connectivity index (χ1v) is 5.53. The standard InChI is InChI=1S/C12H10Cl2O2/c1-7-4-11(14)9(5-10(7)13)12-3-2-8(6-15)16-12/h2-5,15H,6H2,1H3. The van der Waals surface area contributed by atoms with Crippen LogP contribution in [0.3, 0.4) is 0 Å². The minimum atomic E-state index is -0.128. The van der Waals surface area contributed by atoms with Crippen LogP contribution in [0.15, 0.2) is 28.7 Å². The molecule has 0 saturated heterocycles. The lowest BCUT2D eigenvalue weighted by Gasteiger charge is -2.04. The highest BCUT2D eigenvalue weighted by atomic mass is 35.5. The summed E-state index contributed by atoms with van der Waals surface area (Å²) in [6.45, 7) is 1.76. The van der Waals surface area contributed by atoms with Gasteiger partial charge in [0.05, 0.1) is 5.02 Å². The molecule has 1 aromatic heterocycles. The van der Waals surface area contributed by atoms with Crippen LogP contribution in [0.25, 0.3) is 11.3 Å². The largest absolute Gasteiger partial charge is 0.459 e. The number of furan rings is 1. The maximum absolute atomic E-state index is 8.91. The highest BCUT2D eigenvalue weighted by molar-refractivity contribution is 6.35. The van der Waals surface area contributed by atoms with Crippen LogP contribution in [0, 0.1) is 6.92 Å². The van der Waals surface area contributed by atoms with Crippen LogP contribution < -0.4 is 0 Å². The van der Waals surface area contributed by atoms with E-state index in [2.05, 4.69) is 0 Å². The lowest BCUT2D eigenvalue weighted by molar-refractivity contribution is 0.248. The van der Waals surface area contributed by atoms with E-state index in [9.17, 15) is 0 Å². The van der Waals surface area contributed by atoms with Crippen LogP contribution in [-0.4, -0.2) is 5.11 Å². The minimum Gasteiger partial charge on any atom is -0.459 e. The number of aryl methyl sites for hydroxylation is 1. The van der Waals surface area contributed by atoms with E-state index in [1.165, 1.54) is 0 Å². The summed E-state index contributed by atoms with van der Waals surface area (Å²) in [5.74, 6) is 1.11. The predicted octanol–water partition coefficient (Wildman–Crippen LogP) is 4.05.